The zero-order valence-corrected chi connectivity index (χ0v) is 8.07. The maximum atomic E-state index is 12.7. The van der Waals surface area contributed by atoms with Gasteiger partial charge >= 0.3 is 0 Å². The minimum atomic E-state index is -0.573. The lowest BCUT2D eigenvalue weighted by atomic mass is 10.5. The fourth-order valence-corrected chi connectivity index (χ4v) is 1.08. The molecule has 15 heavy (non-hydrogen) atoms. The molecular formula is C9H9FN4O. The maximum Gasteiger partial charge on any atom is 0.217 e. The first kappa shape index (κ1) is 9.57. The number of aromatic nitrogens is 3. The normalized spacial score (nSPS) is 10.3. The van der Waals surface area contributed by atoms with E-state index in [4.69, 9.17) is 4.42 Å². The minimum absolute atomic E-state index is 0.365. The van der Waals surface area contributed by atoms with E-state index in [1.54, 1.807) is 13.1 Å². The summed E-state index contributed by atoms with van der Waals surface area (Å²) in [6.45, 7) is 2.17. The van der Waals surface area contributed by atoms with Crippen molar-refractivity contribution in [2.24, 2.45) is 0 Å². The number of anilines is 1. The first-order valence-electron chi connectivity index (χ1n) is 4.37. The highest BCUT2D eigenvalue weighted by Gasteiger charge is 2.01. The Kier molecular flexibility index (Phi) is 2.57. The molecule has 2 rings (SSSR count). The average molecular weight is 208 g/mol. The summed E-state index contributed by atoms with van der Waals surface area (Å²) in [7, 11) is 0. The number of halogens is 1. The Balaban J connectivity index is 1.99. The highest BCUT2D eigenvalue weighted by Crippen LogP contribution is 2.06. The van der Waals surface area contributed by atoms with Gasteiger partial charge in [0.2, 0.25) is 11.8 Å². The number of hydrogen-bond acceptors (Lipinski definition) is 5. The Morgan fingerprint density at radius 3 is 2.93 bits per heavy atom. The Labute approximate surface area is 85.4 Å². The molecule has 5 nitrogen and oxygen atoms in total. The van der Waals surface area contributed by atoms with Crippen molar-refractivity contribution in [1.82, 2.24) is 15.0 Å². The second-order valence-corrected chi connectivity index (χ2v) is 2.94. The van der Waals surface area contributed by atoms with Gasteiger partial charge in [0, 0.05) is 6.07 Å². The summed E-state index contributed by atoms with van der Waals surface area (Å²) in [6, 6.07) is 1.20. The van der Waals surface area contributed by atoms with Gasteiger partial charge in [0.15, 0.2) is 0 Å². The van der Waals surface area contributed by atoms with Gasteiger partial charge in [0.25, 0.3) is 0 Å². The van der Waals surface area contributed by atoms with E-state index in [0.29, 0.717) is 18.3 Å². The molecule has 0 bridgehead atoms. The van der Waals surface area contributed by atoms with Crippen LogP contribution < -0.4 is 5.32 Å². The number of aryl methyl sites for hydroxylation is 1. The molecule has 0 aliphatic rings. The van der Waals surface area contributed by atoms with Crippen LogP contribution in [0.25, 0.3) is 0 Å². The third-order valence-electron chi connectivity index (χ3n) is 1.72. The largest absolute Gasteiger partial charge is 0.444 e. The van der Waals surface area contributed by atoms with Gasteiger partial charge in [0.05, 0.1) is 12.7 Å². The fraction of sp³-hybridized carbons (Fsp3) is 0.222. The predicted octanol–water partition coefficient (Wildman–Crippen LogP) is 1.52. The van der Waals surface area contributed by atoms with Crippen molar-refractivity contribution in [3.63, 3.8) is 0 Å². The van der Waals surface area contributed by atoms with E-state index in [1.165, 1.54) is 6.07 Å². The summed E-state index contributed by atoms with van der Waals surface area (Å²) in [5.41, 5.74) is 0. The molecule has 2 aromatic heterocycles. The highest BCUT2D eigenvalue weighted by molar-refractivity contribution is 5.31. The standard InChI is InChI=1S/C9H9FN4O/c1-6-3-12-9(15-6)4-11-8-2-7(10)13-5-14-8/h2-3,5H,4H2,1H3,(H,11,13,14). The van der Waals surface area contributed by atoms with E-state index in [-0.39, 0.29) is 0 Å². The lowest BCUT2D eigenvalue weighted by molar-refractivity contribution is 0.478. The second kappa shape index (κ2) is 4.04. The van der Waals surface area contributed by atoms with Crippen molar-refractivity contribution in [2.75, 3.05) is 5.32 Å². The third-order valence-corrected chi connectivity index (χ3v) is 1.72. The Hall–Kier alpha value is -1.98. The maximum absolute atomic E-state index is 12.7. The summed E-state index contributed by atoms with van der Waals surface area (Å²) >= 11 is 0. The van der Waals surface area contributed by atoms with Crippen LogP contribution >= 0.6 is 0 Å². The summed E-state index contributed by atoms with van der Waals surface area (Å²) in [6.07, 6.45) is 2.77. The molecule has 0 spiro atoms. The van der Waals surface area contributed by atoms with Crippen molar-refractivity contribution in [3.05, 3.63) is 36.2 Å². The molecule has 1 N–H and O–H groups in total. The number of hydrogen-bond donors (Lipinski definition) is 1. The molecule has 0 saturated heterocycles. The van der Waals surface area contributed by atoms with Crippen molar-refractivity contribution in [2.45, 2.75) is 13.5 Å². The van der Waals surface area contributed by atoms with Crippen molar-refractivity contribution in [3.8, 4) is 0 Å². The van der Waals surface area contributed by atoms with Gasteiger partial charge < -0.3 is 9.73 Å². The Morgan fingerprint density at radius 1 is 1.40 bits per heavy atom. The van der Waals surface area contributed by atoms with E-state index >= 15 is 0 Å². The van der Waals surface area contributed by atoms with Crippen molar-refractivity contribution < 1.29 is 8.81 Å². The van der Waals surface area contributed by atoms with Gasteiger partial charge in [-0.25, -0.2) is 15.0 Å². The average Bonchev–Trinajstić information content (AvgIpc) is 2.62. The molecule has 0 aromatic carbocycles. The van der Waals surface area contributed by atoms with Gasteiger partial charge in [0.1, 0.15) is 17.9 Å². The van der Waals surface area contributed by atoms with Crippen molar-refractivity contribution >= 4 is 5.82 Å². The van der Waals surface area contributed by atoms with Crippen LogP contribution in [0.5, 0.6) is 0 Å². The molecule has 0 atom stereocenters. The fourth-order valence-electron chi connectivity index (χ4n) is 1.08. The molecule has 2 heterocycles. The summed E-state index contributed by atoms with van der Waals surface area (Å²) in [5.74, 6) is 1.10. The molecule has 0 aliphatic heterocycles. The van der Waals surface area contributed by atoms with Gasteiger partial charge in [-0.2, -0.15) is 4.39 Å². The van der Waals surface area contributed by atoms with Crippen LogP contribution in [0.4, 0.5) is 10.2 Å². The number of rotatable bonds is 3. The van der Waals surface area contributed by atoms with Gasteiger partial charge in [-0.1, -0.05) is 0 Å². The molecule has 0 aliphatic carbocycles. The molecule has 0 radical (unpaired) electrons. The van der Waals surface area contributed by atoms with Crippen LogP contribution in [-0.4, -0.2) is 15.0 Å². The lowest BCUT2D eigenvalue weighted by Gasteiger charge is -2.01. The highest BCUT2D eigenvalue weighted by atomic mass is 19.1. The summed E-state index contributed by atoms with van der Waals surface area (Å²) in [5, 5.41) is 2.87. The molecule has 0 fully saturated rings. The van der Waals surface area contributed by atoms with E-state index in [2.05, 4.69) is 20.3 Å². The Bertz CT molecular complexity index is 457. The number of oxazole rings is 1. The lowest BCUT2D eigenvalue weighted by Crippen LogP contribution is -2.02. The quantitative estimate of drug-likeness (QED) is 0.775. The van der Waals surface area contributed by atoms with Crippen LogP contribution in [0.3, 0.4) is 0 Å². The first-order valence-corrected chi connectivity index (χ1v) is 4.37. The van der Waals surface area contributed by atoms with Gasteiger partial charge in [-0.3, -0.25) is 0 Å². The van der Waals surface area contributed by atoms with E-state index in [0.717, 1.165) is 12.1 Å². The zero-order chi connectivity index (χ0) is 10.7. The first-order chi connectivity index (χ1) is 7.24. The Morgan fingerprint density at radius 2 is 2.27 bits per heavy atom. The summed E-state index contributed by atoms with van der Waals surface area (Å²) in [4.78, 5) is 11.2. The van der Waals surface area contributed by atoms with Crippen LogP contribution in [0.15, 0.2) is 23.0 Å². The smallest absolute Gasteiger partial charge is 0.217 e. The topological polar surface area (TPSA) is 63.8 Å². The molecule has 6 heteroatoms. The molecule has 78 valence electrons. The third kappa shape index (κ3) is 2.49. The van der Waals surface area contributed by atoms with Gasteiger partial charge in [-0.05, 0) is 6.92 Å². The minimum Gasteiger partial charge on any atom is -0.444 e. The van der Waals surface area contributed by atoms with Crippen molar-refractivity contribution in [1.29, 1.82) is 0 Å². The molecule has 0 saturated carbocycles. The number of nitrogens with zero attached hydrogens (tertiary/aromatic N) is 3. The SMILES string of the molecule is Cc1cnc(CNc2cc(F)ncn2)o1. The molecule has 2 aromatic rings. The van der Waals surface area contributed by atoms with Crippen LogP contribution in [0, 0.1) is 12.9 Å². The predicted molar refractivity (Wildman–Crippen MR) is 50.6 cm³/mol. The molecular weight excluding hydrogens is 199 g/mol. The van der Waals surface area contributed by atoms with Crippen LogP contribution in [0.2, 0.25) is 0 Å². The monoisotopic (exact) mass is 208 g/mol. The van der Waals surface area contributed by atoms with E-state index < -0.39 is 5.95 Å². The van der Waals surface area contributed by atoms with Crippen LogP contribution in [0.1, 0.15) is 11.7 Å². The molecule has 0 unspecified atom stereocenters. The summed E-state index contributed by atoms with van der Waals surface area (Å²) < 4.78 is 17.9. The van der Waals surface area contributed by atoms with Gasteiger partial charge in [-0.15, -0.1) is 0 Å². The number of nitrogens with one attached hydrogen (secondary N) is 1. The van der Waals surface area contributed by atoms with E-state index in [1.807, 2.05) is 0 Å². The van der Waals surface area contributed by atoms with Crippen LogP contribution in [-0.2, 0) is 6.54 Å². The molecule has 0 amide bonds. The van der Waals surface area contributed by atoms with E-state index in [9.17, 15) is 4.39 Å². The zero-order valence-electron chi connectivity index (χ0n) is 8.07. The second-order valence-electron chi connectivity index (χ2n) is 2.94.